The van der Waals surface area contributed by atoms with Crippen molar-refractivity contribution >= 4 is 22.8 Å². The third kappa shape index (κ3) is 3.21. The Hall–Kier alpha value is -2.54. The molecule has 1 amide bonds. The first kappa shape index (κ1) is 16.3. The molecular formula is C17H21N3O4. The number of carbonyl (C=O) groups is 1. The summed E-state index contributed by atoms with van der Waals surface area (Å²) < 4.78 is 5.80. The molecule has 7 heteroatoms. The Labute approximate surface area is 139 Å². The molecule has 0 bridgehead atoms. The number of rotatable bonds is 3. The summed E-state index contributed by atoms with van der Waals surface area (Å²) in [6.45, 7) is 4.83. The number of aromatic hydroxyl groups is 1. The van der Waals surface area contributed by atoms with Gasteiger partial charge in [0.1, 0.15) is 5.58 Å². The van der Waals surface area contributed by atoms with E-state index in [1.54, 1.807) is 18.2 Å². The highest BCUT2D eigenvalue weighted by atomic mass is 16.4. The number of anilines is 1. The smallest absolute Gasteiger partial charge is 0.242 e. The maximum Gasteiger partial charge on any atom is 0.242 e. The monoisotopic (exact) mass is 331 g/mol. The van der Waals surface area contributed by atoms with E-state index in [1.165, 1.54) is 6.92 Å². The molecule has 1 aliphatic heterocycles. The van der Waals surface area contributed by atoms with Crippen LogP contribution in [0, 0.1) is 0 Å². The minimum absolute atomic E-state index is 0.143. The average Bonchev–Trinajstić information content (AvgIpc) is 2.57. The number of fused-ring (bicyclic) bond motifs is 1. The van der Waals surface area contributed by atoms with E-state index in [9.17, 15) is 14.7 Å². The molecule has 2 N–H and O–H groups in total. The molecule has 0 atom stereocenters. The first-order valence-corrected chi connectivity index (χ1v) is 7.92. The van der Waals surface area contributed by atoms with Crippen molar-refractivity contribution in [2.75, 3.05) is 38.1 Å². The number of likely N-dealkylation sites (N-methyl/N-ethyl adjacent to an activating group) is 1. The number of hydrogen-bond donors (Lipinski definition) is 2. The predicted octanol–water partition coefficient (Wildman–Crippen LogP) is 0.886. The topological polar surface area (TPSA) is 86.0 Å². The molecule has 0 saturated carbocycles. The lowest BCUT2D eigenvalue weighted by atomic mass is 10.1. The van der Waals surface area contributed by atoms with Crippen LogP contribution >= 0.6 is 0 Å². The van der Waals surface area contributed by atoms with Gasteiger partial charge in [0.15, 0.2) is 0 Å². The zero-order valence-electron chi connectivity index (χ0n) is 13.8. The van der Waals surface area contributed by atoms with Crippen LogP contribution in [-0.4, -0.2) is 49.1 Å². The van der Waals surface area contributed by atoms with E-state index < -0.39 is 5.43 Å². The summed E-state index contributed by atoms with van der Waals surface area (Å²) >= 11 is 0. The molecular weight excluding hydrogens is 310 g/mol. The lowest BCUT2D eigenvalue weighted by Crippen LogP contribution is -2.44. The highest BCUT2D eigenvalue weighted by Crippen LogP contribution is 2.29. The van der Waals surface area contributed by atoms with Crippen LogP contribution in [0.15, 0.2) is 27.4 Å². The van der Waals surface area contributed by atoms with Crippen molar-refractivity contribution in [3.8, 4) is 5.75 Å². The van der Waals surface area contributed by atoms with Gasteiger partial charge in [-0.15, -0.1) is 0 Å². The van der Waals surface area contributed by atoms with Gasteiger partial charge in [0.05, 0.1) is 5.39 Å². The van der Waals surface area contributed by atoms with Crippen molar-refractivity contribution in [1.82, 2.24) is 10.2 Å². The third-order valence-electron chi connectivity index (χ3n) is 4.24. The Morgan fingerprint density at radius 2 is 2.00 bits per heavy atom. The highest BCUT2D eigenvalue weighted by molar-refractivity contribution is 5.81. The second kappa shape index (κ2) is 6.52. The van der Waals surface area contributed by atoms with Gasteiger partial charge in [-0.3, -0.25) is 9.59 Å². The van der Waals surface area contributed by atoms with Crippen molar-refractivity contribution in [2.24, 2.45) is 0 Å². The molecule has 7 nitrogen and oxygen atoms in total. The Morgan fingerprint density at radius 1 is 1.29 bits per heavy atom. The first-order chi connectivity index (χ1) is 11.5. The largest absolute Gasteiger partial charge is 0.500 e. The zero-order valence-corrected chi connectivity index (χ0v) is 13.8. The maximum absolute atomic E-state index is 12.5. The summed E-state index contributed by atoms with van der Waals surface area (Å²) in [5.41, 5.74) is 0.755. The third-order valence-corrected chi connectivity index (χ3v) is 4.24. The van der Waals surface area contributed by atoms with Gasteiger partial charge in [0, 0.05) is 39.6 Å². The molecule has 2 heterocycles. The number of carbonyl (C=O) groups excluding carboxylic acids is 1. The molecule has 0 spiro atoms. The van der Waals surface area contributed by atoms with Crippen LogP contribution in [0.2, 0.25) is 0 Å². The quantitative estimate of drug-likeness (QED) is 0.869. The lowest BCUT2D eigenvalue weighted by Gasteiger charge is -2.32. The summed E-state index contributed by atoms with van der Waals surface area (Å²) in [6.07, 6.45) is 0. The Bertz CT molecular complexity index is 822. The fourth-order valence-electron chi connectivity index (χ4n) is 2.78. The van der Waals surface area contributed by atoms with Gasteiger partial charge in [-0.1, -0.05) is 6.07 Å². The van der Waals surface area contributed by atoms with Gasteiger partial charge < -0.3 is 24.6 Å². The standard InChI is InChI=1S/C17H21N3O4/c1-11(21)18-10-12-3-4-14-13(9-12)15(22)16(23)17(24-14)20-7-5-19(2)6-8-20/h3-4,9,23H,5-8,10H2,1-2H3,(H,18,21). The average molecular weight is 331 g/mol. The SMILES string of the molecule is CC(=O)NCc1ccc2oc(N3CCN(C)CC3)c(O)c(=O)c2c1. The van der Waals surface area contributed by atoms with Crippen LogP contribution in [0.1, 0.15) is 12.5 Å². The molecule has 0 unspecified atom stereocenters. The normalized spacial score (nSPS) is 15.7. The summed E-state index contributed by atoms with van der Waals surface area (Å²) in [5, 5.41) is 13.3. The van der Waals surface area contributed by atoms with Crippen molar-refractivity contribution in [3.63, 3.8) is 0 Å². The number of nitrogens with zero attached hydrogens (tertiary/aromatic N) is 2. The van der Waals surface area contributed by atoms with Crippen molar-refractivity contribution in [3.05, 3.63) is 34.0 Å². The molecule has 1 aliphatic rings. The van der Waals surface area contributed by atoms with Gasteiger partial charge in [0.25, 0.3) is 0 Å². The van der Waals surface area contributed by atoms with Gasteiger partial charge >= 0.3 is 0 Å². The predicted molar refractivity (Wildman–Crippen MR) is 91.4 cm³/mol. The van der Waals surface area contributed by atoms with Gasteiger partial charge in [-0.05, 0) is 24.7 Å². The summed E-state index contributed by atoms with van der Waals surface area (Å²) in [7, 11) is 2.03. The molecule has 1 aromatic heterocycles. The van der Waals surface area contributed by atoms with Crippen LogP contribution in [0.25, 0.3) is 11.0 Å². The van der Waals surface area contributed by atoms with E-state index >= 15 is 0 Å². The number of amides is 1. The fraction of sp³-hybridized carbons (Fsp3) is 0.412. The Morgan fingerprint density at radius 3 is 2.67 bits per heavy atom. The zero-order chi connectivity index (χ0) is 17.3. The Balaban J connectivity index is 1.96. The molecule has 2 aromatic rings. The maximum atomic E-state index is 12.5. The van der Waals surface area contributed by atoms with Crippen molar-refractivity contribution < 1.29 is 14.3 Å². The Kier molecular flexibility index (Phi) is 4.44. The van der Waals surface area contributed by atoms with E-state index in [1.807, 2.05) is 11.9 Å². The van der Waals surface area contributed by atoms with Gasteiger partial charge in [-0.2, -0.15) is 0 Å². The van der Waals surface area contributed by atoms with Crippen LogP contribution in [0.3, 0.4) is 0 Å². The van der Waals surface area contributed by atoms with E-state index in [-0.39, 0.29) is 17.5 Å². The van der Waals surface area contributed by atoms with Crippen LogP contribution < -0.4 is 15.6 Å². The van der Waals surface area contributed by atoms with Crippen LogP contribution in [0.5, 0.6) is 5.75 Å². The second-order valence-electron chi connectivity index (χ2n) is 6.12. The van der Waals surface area contributed by atoms with Gasteiger partial charge in [-0.25, -0.2) is 0 Å². The van der Waals surface area contributed by atoms with Crippen molar-refractivity contribution in [1.29, 1.82) is 0 Å². The minimum Gasteiger partial charge on any atom is -0.500 e. The second-order valence-corrected chi connectivity index (χ2v) is 6.12. The van der Waals surface area contributed by atoms with Gasteiger partial charge in [0.2, 0.25) is 23.0 Å². The molecule has 3 rings (SSSR count). The molecule has 128 valence electrons. The summed E-state index contributed by atoms with van der Waals surface area (Å²) in [5.74, 6) is -0.269. The van der Waals surface area contributed by atoms with Crippen molar-refractivity contribution in [2.45, 2.75) is 13.5 Å². The molecule has 1 saturated heterocycles. The lowest BCUT2D eigenvalue weighted by molar-refractivity contribution is -0.119. The number of benzene rings is 1. The van der Waals surface area contributed by atoms with Crippen LogP contribution in [-0.2, 0) is 11.3 Å². The molecule has 1 aromatic carbocycles. The van der Waals surface area contributed by atoms with Crippen LogP contribution in [0.4, 0.5) is 5.88 Å². The van der Waals surface area contributed by atoms with E-state index in [0.717, 1.165) is 18.7 Å². The van der Waals surface area contributed by atoms with E-state index in [0.29, 0.717) is 30.6 Å². The first-order valence-electron chi connectivity index (χ1n) is 7.92. The summed E-state index contributed by atoms with van der Waals surface area (Å²) in [6, 6.07) is 5.14. The molecule has 0 aliphatic carbocycles. The number of piperazine rings is 1. The fourth-order valence-corrected chi connectivity index (χ4v) is 2.78. The highest BCUT2D eigenvalue weighted by Gasteiger charge is 2.22. The molecule has 0 radical (unpaired) electrons. The number of nitrogens with one attached hydrogen (secondary N) is 1. The molecule has 24 heavy (non-hydrogen) atoms. The van der Waals surface area contributed by atoms with E-state index in [4.69, 9.17) is 4.42 Å². The molecule has 1 fully saturated rings. The van der Waals surface area contributed by atoms with E-state index in [2.05, 4.69) is 10.2 Å². The minimum atomic E-state index is -0.449. The number of hydrogen-bond acceptors (Lipinski definition) is 6. The summed E-state index contributed by atoms with van der Waals surface area (Å²) in [4.78, 5) is 27.6.